The first-order valence-electron chi connectivity index (χ1n) is 27.4. The van der Waals surface area contributed by atoms with E-state index in [-0.39, 0.29) is 24.9 Å². The molecule has 0 radical (unpaired) electrons. The topological polar surface area (TPSA) is 95.9 Å². The summed E-state index contributed by atoms with van der Waals surface area (Å²) in [7, 11) is 0. The molecule has 1 amide bonds. The molecule has 3 N–H and O–H groups in total. The number of hydrogen-bond acceptors (Lipinski definition) is 5. The molecule has 6 heteroatoms. The van der Waals surface area contributed by atoms with Crippen LogP contribution in [0, 0.1) is 0 Å². The van der Waals surface area contributed by atoms with E-state index in [0.717, 1.165) is 77.0 Å². The zero-order chi connectivity index (χ0) is 45.9. The molecule has 0 heterocycles. The van der Waals surface area contributed by atoms with E-state index in [1.165, 1.54) is 154 Å². The third-order valence-electron chi connectivity index (χ3n) is 12.4. The van der Waals surface area contributed by atoms with E-state index in [2.05, 4.69) is 74.7 Å². The highest BCUT2D eigenvalue weighted by Gasteiger charge is 2.24. The number of hydrogen-bond donors (Lipinski definition) is 3. The van der Waals surface area contributed by atoms with Crippen molar-refractivity contribution < 1.29 is 24.5 Å². The van der Waals surface area contributed by atoms with Gasteiger partial charge in [0.15, 0.2) is 0 Å². The zero-order valence-electron chi connectivity index (χ0n) is 42.0. The van der Waals surface area contributed by atoms with Crippen LogP contribution < -0.4 is 5.32 Å². The van der Waals surface area contributed by atoms with Gasteiger partial charge >= 0.3 is 5.97 Å². The Morgan fingerprint density at radius 3 is 1.33 bits per heavy atom. The fraction of sp³-hybridized carbons (Fsp3) is 0.825. The molecule has 0 aromatic carbocycles. The molecule has 63 heavy (non-hydrogen) atoms. The first-order valence-corrected chi connectivity index (χ1v) is 27.4. The summed E-state index contributed by atoms with van der Waals surface area (Å²) in [5.41, 5.74) is 0. The molecular formula is C57H105NO5. The van der Waals surface area contributed by atoms with E-state index in [0.29, 0.717) is 19.3 Å². The second-order valence-corrected chi connectivity index (χ2v) is 18.6. The van der Waals surface area contributed by atoms with E-state index in [9.17, 15) is 19.8 Å². The van der Waals surface area contributed by atoms with Crippen LogP contribution in [-0.4, -0.2) is 46.9 Å². The Hall–Kier alpha value is -2.18. The first-order chi connectivity index (χ1) is 31.0. The number of ether oxygens (including phenoxy) is 1. The number of nitrogens with one attached hydrogen (secondary N) is 1. The fourth-order valence-corrected chi connectivity index (χ4v) is 8.26. The Kier molecular flexibility index (Phi) is 49.1. The van der Waals surface area contributed by atoms with E-state index >= 15 is 0 Å². The van der Waals surface area contributed by atoms with Crippen LogP contribution in [0.2, 0.25) is 0 Å². The van der Waals surface area contributed by atoms with Gasteiger partial charge in [0.05, 0.1) is 25.2 Å². The summed E-state index contributed by atoms with van der Waals surface area (Å²) in [4.78, 5) is 26.2. The normalized spacial score (nSPS) is 13.5. The summed E-state index contributed by atoms with van der Waals surface area (Å²) in [5.74, 6) is -0.507. The molecule has 6 nitrogen and oxygen atoms in total. The fourth-order valence-electron chi connectivity index (χ4n) is 8.26. The minimum Gasteiger partial charge on any atom is -0.462 e. The second-order valence-electron chi connectivity index (χ2n) is 18.6. The van der Waals surface area contributed by atoms with E-state index in [4.69, 9.17) is 4.74 Å². The summed E-state index contributed by atoms with van der Waals surface area (Å²) in [6, 6.07) is -0.713. The number of aliphatic hydroxyl groups excluding tert-OH is 2. The van der Waals surface area contributed by atoms with Crippen molar-refractivity contribution in [3.05, 3.63) is 48.6 Å². The van der Waals surface area contributed by atoms with Gasteiger partial charge in [0.2, 0.25) is 5.91 Å². The van der Waals surface area contributed by atoms with Gasteiger partial charge in [0.1, 0.15) is 6.10 Å². The summed E-state index contributed by atoms with van der Waals surface area (Å²) in [6.07, 6.45) is 61.8. The van der Waals surface area contributed by atoms with Crippen molar-refractivity contribution in [2.45, 2.75) is 296 Å². The maximum atomic E-state index is 13.2. The number of unbranched alkanes of at least 4 members (excludes halogenated alkanes) is 29. The monoisotopic (exact) mass is 884 g/mol. The van der Waals surface area contributed by atoms with Crippen LogP contribution in [0.3, 0.4) is 0 Å². The number of carbonyl (C=O) groups excluding carboxylic acids is 2. The SMILES string of the molecule is CC/C=C/C/C=C/C/C=C/CCCCC(CC(=O)NC(CO)C(O)CCCCCCCCCCCCCCC)OC(=O)CCCCCCCCCCC/C=C/CCCCCCCC. The molecule has 0 aromatic heterocycles. The average Bonchev–Trinajstić information content (AvgIpc) is 3.28. The van der Waals surface area contributed by atoms with Crippen LogP contribution in [0.4, 0.5) is 0 Å². The zero-order valence-corrected chi connectivity index (χ0v) is 42.0. The summed E-state index contributed by atoms with van der Waals surface area (Å²) >= 11 is 0. The molecule has 0 aliphatic heterocycles. The van der Waals surface area contributed by atoms with Gasteiger partial charge in [-0.15, -0.1) is 0 Å². The highest BCUT2D eigenvalue weighted by molar-refractivity contribution is 5.77. The molecule has 0 aliphatic carbocycles. The van der Waals surface area contributed by atoms with Gasteiger partial charge in [0.25, 0.3) is 0 Å². The van der Waals surface area contributed by atoms with Crippen molar-refractivity contribution in [2.75, 3.05) is 6.61 Å². The molecule has 0 fully saturated rings. The quantitative estimate of drug-likeness (QED) is 0.0321. The molecule has 0 rings (SSSR count). The third kappa shape index (κ3) is 46.2. The smallest absolute Gasteiger partial charge is 0.306 e. The lowest BCUT2D eigenvalue weighted by Crippen LogP contribution is -2.46. The molecule has 0 aromatic rings. The molecule has 368 valence electrons. The van der Waals surface area contributed by atoms with E-state index in [1.807, 2.05) is 0 Å². The Morgan fingerprint density at radius 1 is 0.476 bits per heavy atom. The maximum Gasteiger partial charge on any atom is 0.306 e. The van der Waals surface area contributed by atoms with Gasteiger partial charge in [0, 0.05) is 6.42 Å². The molecule has 0 saturated heterocycles. The van der Waals surface area contributed by atoms with E-state index < -0.39 is 18.2 Å². The van der Waals surface area contributed by atoms with E-state index in [1.54, 1.807) is 0 Å². The van der Waals surface area contributed by atoms with Gasteiger partial charge in [-0.2, -0.15) is 0 Å². The number of amides is 1. The largest absolute Gasteiger partial charge is 0.462 e. The van der Waals surface area contributed by atoms with Crippen molar-refractivity contribution in [3.63, 3.8) is 0 Å². The van der Waals surface area contributed by atoms with Crippen molar-refractivity contribution in [1.29, 1.82) is 0 Å². The highest BCUT2D eigenvalue weighted by atomic mass is 16.5. The van der Waals surface area contributed by atoms with Crippen molar-refractivity contribution >= 4 is 11.9 Å². The van der Waals surface area contributed by atoms with Crippen LogP contribution in [0.5, 0.6) is 0 Å². The van der Waals surface area contributed by atoms with Crippen LogP contribution in [0.15, 0.2) is 48.6 Å². The maximum absolute atomic E-state index is 13.2. The Bertz CT molecular complexity index is 1080. The molecular weight excluding hydrogens is 779 g/mol. The number of allylic oxidation sites excluding steroid dienone is 8. The van der Waals surface area contributed by atoms with Gasteiger partial charge in [-0.1, -0.05) is 230 Å². The number of aliphatic hydroxyl groups is 2. The predicted molar refractivity (Wildman–Crippen MR) is 273 cm³/mol. The van der Waals surface area contributed by atoms with Crippen molar-refractivity contribution in [2.24, 2.45) is 0 Å². The van der Waals surface area contributed by atoms with Crippen molar-refractivity contribution in [1.82, 2.24) is 5.32 Å². The van der Waals surface area contributed by atoms with Crippen LogP contribution in [0.25, 0.3) is 0 Å². The van der Waals surface area contributed by atoms with Crippen LogP contribution >= 0.6 is 0 Å². The summed E-state index contributed by atoms with van der Waals surface area (Å²) < 4.78 is 5.92. The highest BCUT2D eigenvalue weighted by Crippen LogP contribution is 2.18. The molecule has 0 bridgehead atoms. The van der Waals surface area contributed by atoms with Gasteiger partial charge in [-0.3, -0.25) is 9.59 Å². The summed E-state index contributed by atoms with van der Waals surface area (Å²) in [5, 5.41) is 23.8. The lowest BCUT2D eigenvalue weighted by atomic mass is 10.0. The molecule has 0 spiro atoms. The minimum atomic E-state index is -0.797. The van der Waals surface area contributed by atoms with Crippen molar-refractivity contribution in [3.8, 4) is 0 Å². The Labute approximate surface area is 391 Å². The molecule has 3 unspecified atom stereocenters. The number of esters is 1. The van der Waals surface area contributed by atoms with Crippen LogP contribution in [0.1, 0.15) is 278 Å². The molecule has 0 aliphatic rings. The minimum absolute atomic E-state index is 0.0519. The van der Waals surface area contributed by atoms with Gasteiger partial charge in [-0.05, 0) is 83.5 Å². The molecule has 3 atom stereocenters. The van der Waals surface area contributed by atoms with Crippen LogP contribution in [-0.2, 0) is 14.3 Å². The Morgan fingerprint density at radius 2 is 0.857 bits per heavy atom. The lowest BCUT2D eigenvalue weighted by molar-refractivity contribution is -0.151. The number of rotatable bonds is 49. The number of carbonyl (C=O) groups is 2. The standard InChI is InChI=1S/C57H105NO5/c1-4-7-10-13-16-19-22-25-26-27-28-29-30-32-35-38-41-44-47-50-57(62)63-53(48-45-42-39-36-33-24-21-18-15-12-9-6-3)51-56(61)58-54(52-59)55(60)49-46-43-40-37-34-31-23-20-17-14-11-8-5-2/h9,12,18,21,25-26,33,36,53-55,59-60H,4-8,10-11,13-17,19-20,22-24,27-32,34-35,37-52H2,1-3H3,(H,58,61)/b12-9+,21-18+,26-25+,36-33+. The predicted octanol–water partition coefficient (Wildman–Crippen LogP) is 16.6. The summed E-state index contributed by atoms with van der Waals surface area (Å²) in [6.45, 7) is 6.37. The first kappa shape index (κ1) is 60.8. The Balaban J connectivity index is 4.52. The van der Waals surface area contributed by atoms with Gasteiger partial charge < -0.3 is 20.3 Å². The molecule has 0 saturated carbocycles. The van der Waals surface area contributed by atoms with Gasteiger partial charge in [-0.25, -0.2) is 0 Å². The lowest BCUT2D eigenvalue weighted by Gasteiger charge is -2.24. The average molecular weight is 884 g/mol. The second kappa shape index (κ2) is 50.8. The third-order valence-corrected chi connectivity index (χ3v) is 12.4.